The van der Waals surface area contributed by atoms with Gasteiger partial charge < -0.3 is 21.3 Å². The second-order valence-corrected chi connectivity index (χ2v) is 3.77. The molecule has 0 aliphatic rings. The zero-order chi connectivity index (χ0) is 13.0. The normalized spacial score (nSPS) is 14.1. The average molecular weight is 242 g/mol. The van der Waals surface area contributed by atoms with Crippen LogP contribution in [0.4, 0.5) is 10.1 Å². The van der Waals surface area contributed by atoms with Crippen molar-refractivity contribution in [2.45, 2.75) is 19.1 Å². The van der Waals surface area contributed by atoms with Gasteiger partial charge in [0.2, 0.25) is 5.91 Å². The second-order valence-electron chi connectivity index (χ2n) is 3.77. The van der Waals surface area contributed by atoms with Crippen molar-refractivity contribution in [1.82, 2.24) is 5.32 Å². The molecule has 0 spiro atoms. The molecule has 2 atom stereocenters. The number of amides is 1. The highest BCUT2D eigenvalue weighted by atomic mass is 19.1. The van der Waals surface area contributed by atoms with Gasteiger partial charge in [-0.2, -0.15) is 0 Å². The van der Waals surface area contributed by atoms with E-state index in [0.717, 1.165) is 12.1 Å². The first-order chi connectivity index (χ1) is 7.90. The van der Waals surface area contributed by atoms with Gasteiger partial charge in [-0.25, -0.2) is 4.39 Å². The smallest absolute Gasteiger partial charge is 0.216 e. The van der Waals surface area contributed by atoms with Crippen LogP contribution in [0.5, 0.6) is 0 Å². The van der Waals surface area contributed by atoms with Gasteiger partial charge in [0, 0.05) is 19.2 Å². The topological polar surface area (TPSA) is 95.6 Å². The molecule has 94 valence electrons. The van der Waals surface area contributed by atoms with E-state index in [4.69, 9.17) is 5.73 Å². The maximum Gasteiger partial charge on any atom is 0.216 e. The van der Waals surface area contributed by atoms with Crippen molar-refractivity contribution in [3.63, 3.8) is 0 Å². The summed E-state index contributed by atoms with van der Waals surface area (Å²) in [5.74, 6) is -0.916. The number of anilines is 1. The maximum absolute atomic E-state index is 13.0. The largest absolute Gasteiger partial charge is 0.399 e. The minimum Gasteiger partial charge on any atom is -0.399 e. The molecular formula is C11H15FN2O3. The highest BCUT2D eigenvalue weighted by molar-refractivity contribution is 5.72. The number of hydrogen-bond donors (Lipinski definition) is 4. The highest BCUT2D eigenvalue weighted by Crippen LogP contribution is 2.20. The van der Waals surface area contributed by atoms with Crippen molar-refractivity contribution in [1.29, 1.82) is 0 Å². The Morgan fingerprint density at radius 2 is 2.12 bits per heavy atom. The van der Waals surface area contributed by atoms with Crippen LogP contribution >= 0.6 is 0 Å². The van der Waals surface area contributed by atoms with Crippen LogP contribution in [0, 0.1) is 5.82 Å². The molecule has 0 fully saturated rings. The van der Waals surface area contributed by atoms with Crippen molar-refractivity contribution >= 4 is 11.6 Å². The lowest BCUT2D eigenvalue weighted by Gasteiger charge is -2.18. The zero-order valence-electron chi connectivity index (χ0n) is 9.35. The second kappa shape index (κ2) is 5.60. The Morgan fingerprint density at radius 3 is 2.65 bits per heavy atom. The van der Waals surface area contributed by atoms with Crippen molar-refractivity contribution in [2.75, 3.05) is 12.3 Å². The molecule has 2 unspecified atom stereocenters. The quantitative estimate of drug-likeness (QED) is 0.556. The van der Waals surface area contributed by atoms with E-state index in [0.29, 0.717) is 0 Å². The van der Waals surface area contributed by atoms with Gasteiger partial charge in [0.05, 0.1) is 0 Å². The Morgan fingerprint density at radius 1 is 1.47 bits per heavy atom. The molecule has 0 heterocycles. The number of nitrogens with two attached hydrogens (primary N) is 1. The number of rotatable bonds is 4. The fourth-order valence-corrected chi connectivity index (χ4v) is 1.39. The number of benzene rings is 1. The molecule has 17 heavy (non-hydrogen) atoms. The standard InChI is InChI=1S/C11H15FN2O3/c1-6(15)14-5-10(16)11(17)7-2-8(12)4-9(13)3-7/h2-4,10-11,16-17H,5,13H2,1H3,(H,14,15). The van der Waals surface area contributed by atoms with Gasteiger partial charge in [-0.1, -0.05) is 0 Å². The van der Waals surface area contributed by atoms with Gasteiger partial charge in [0.1, 0.15) is 18.0 Å². The summed E-state index contributed by atoms with van der Waals surface area (Å²) in [4.78, 5) is 10.6. The minimum absolute atomic E-state index is 0.118. The Kier molecular flexibility index (Phi) is 4.42. The molecular weight excluding hydrogens is 227 g/mol. The predicted molar refractivity (Wildman–Crippen MR) is 60.5 cm³/mol. The van der Waals surface area contributed by atoms with Gasteiger partial charge >= 0.3 is 0 Å². The fourth-order valence-electron chi connectivity index (χ4n) is 1.39. The molecule has 1 amide bonds. The molecule has 6 heteroatoms. The molecule has 0 saturated heterocycles. The summed E-state index contributed by atoms with van der Waals surface area (Å²) < 4.78 is 13.0. The Labute approximate surface area is 98.1 Å². The number of nitrogen functional groups attached to an aromatic ring is 1. The third-order valence-electron chi connectivity index (χ3n) is 2.21. The summed E-state index contributed by atoms with van der Waals surface area (Å²) in [6.07, 6.45) is -2.53. The molecule has 0 bridgehead atoms. The van der Waals surface area contributed by atoms with E-state index in [9.17, 15) is 19.4 Å². The van der Waals surface area contributed by atoms with E-state index >= 15 is 0 Å². The number of hydrogen-bond acceptors (Lipinski definition) is 4. The molecule has 5 nitrogen and oxygen atoms in total. The Balaban J connectivity index is 2.73. The summed E-state index contributed by atoms with van der Waals surface area (Å²) >= 11 is 0. The SMILES string of the molecule is CC(=O)NCC(O)C(O)c1cc(N)cc(F)c1. The van der Waals surface area contributed by atoms with Crippen LogP contribution in [0.2, 0.25) is 0 Å². The van der Waals surface area contributed by atoms with Gasteiger partial charge in [-0.15, -0.1) is 0 Å². The lowest BCUT2D eigenvalue weighted by Crippen LogP contribution is -2.34. The van der Waals surface area contributed by atoms with Crippen LogP contribution in [-0.4, -0.2) is 28.8 Å². The number of nitrogens with one attached hydrogen (secondary N) is 1. The van der Waals surface area contributed by atoms with Crippen LogP contribution < -0.4 is 11.1 Å². The molecule has 0 saturated carbocycles. The molecule has 0 aliphatic carbocycles. The van der Waals surface area contributed by atoms with E-state index in [1.165, 1.54) is 13.0 Å². The minimum atomic E-state index is -1.31. The van der Waals surface area contributed by atoms with E-state index < -0.39 is 18.0 Å². The molecule has 5 N–H and O–H groups in total. The van der Waals surface area contributed by atoms with Gasteiger partial charge in [-0.3, -0.25) is 4.79 Å². The number of carbonyl (C=O) groups is 1. The van der Waals surface area contributed by atoms with Crippen LogP contribution in [0.1, 0.15) is 18.6 Å². The lowest BCUT2D eigenvalue weighted by atomic mass is 10.0. The first kappa shape index (κ1) is 13.4. The highest BCUT2D eigenvalue weighted by Gasteiger charge is 2.19. The summed E-state index contributed by atoms with van der Waals surface area (Å²) in [6, 6.07) is 3.55. The predicted octanol–water partition coefficient (Wildman–Crippen LogP) is -0.0617. The van der Waals surface area contributed by atoms with Gasteiger partial charge in [-0.05, 0) is 23.8 Å². The number of aliphatic hydroxyl groups excluding tert-OH is 2. The van der Waals surface area contributed by atoms with Crippen LogP contribution in [-0.2, 0) is 4.79 Å². The van der Waals surface area contributed by atoms with Crippen molar-refractivity contribution in [2.24, 2.45) is 0 Å². The summed E-state index contributed by atoms with van der Waals surface area (Å²) in [6.45, 7) is 1.17. The van der Waals surface area contributed by atoms with Crippen LogP contribution in [0.25, 0.3) is 0 Å². The molecule has 1 aromatic rings. The van der Waals surface area contributed by atoms with Crippen molar-refractivity contribution in [3.8, 4) is 0 Å². The summed E-state index contributed by atoms with van der Waals surface area (Å²) in [5, 5.41) is 21.7. The Hall–Kier alpha value is -1.66. The molecule has 0 aliphatic heterocycles. The number of halogens is 1. The van der Waals surface area contributed by atoms with Crippen molar-refractivity contribution in [3.05, 3.63) is 29.6 Å². The van der Waals surface area contributed by atoms with Crippen LogP contribution in [0.15, 0.2) is 18.2 Å². The van der Waals surface area contributed by atoms with E-state index in [1.807, 2.05) is 0 Å². The monoisotopic (exact) mass is 242 g/mol. The molecule has 1 rings (SSSR count). The Bertz CT molecular complexity index is 391. The first-order valence-electron chi connectivity index (χ1n) is 5.06. The summed E-state index contributed by atoms with van der Waals surface area (Å²) in [5.41, 5.74) is 5.74. The zero-order valence-corrected chi connectivity index (χ0v) is 9.35. The molecule has 0 radical (unpaired) electrons. The van der Waals surface area contributed by atoms with E-state index in [2.05, 4.69) is 5.32 Å². The van der Waals surface area contributed by atoms with Crippen LogP contribution in [0.3, 0.4) is 0 Å². The number of aliphatic hydroxyl groups is 2. The maximum atomic E-state index is 13.0. The first-order valence-corrected chi connectivity index (χ1v) is 5.06. The average Bonchev–Trinajstić information content (AvgIpc) is 2.23. The lowest BCUT2D eigenvalue weighted by molar-refractivity contribution is -0.119. The third kappa shape index (κ3) is 4.01. The third-order valence-corrected chi connectivity index (χ3v) is 2.21. The van der Waals surface area contributed by atoms with E-state index in [-0.39, 0.29) is 23.7 Å². The fraction of sp³-hybridized carbons (Fsp3) is 0.364. The summed E-state index contributed by atoms with van der Waals surface area (Å²) in [7, 11) is 0. The van der Waals surface area contributed by atoms with Crippen molar-refractivity contribution < 1.29 is 19.4 Å². The molecule has 1 aromatic carbocycles. The molecule has 0 aromatic heterocycles. The number of carbonyl (C=O) groups excluding carboxylic acids is 1. The van der Waals surface area contributed by atoms with E-state index in [1.54, 1.807) is 0 Å². The van der Waals surface area contributed by atoms with Gasteiger partial charge in [0.25, 0.3) is 0 Å². The van der Waals surface area contributed by atoms with Gasteiger partial charge in [0.15, 0.2) is 0 Å².